The van der Waals surface area contributed by atoms with Crippen LogP contribution in [-0.2, 0) is 4.79 Å². The fourth-order valence-corrected chi connectivity index (χ4v) is 3.37. The van der Waals surface area contributed by atoms with E-state index in [-0.39, 0.29) is 17.2 Å². The lowest BCUT2D eigenvalue weighted by Gasteiger charge is -2.10. The highest BCUT2D eigenvalue weighted by atomic mass is 19.1. The van der Waals surface area contributed by atoms with E-state index in [1.165, 1.54) is 18.2 Å². The van der Waals surface area contributed by atoms with Crippen LogP contribution >= 0.6 is 0 Å². The number of rotatable bonds is 5. The number of benzene rings is 2. The first-order chi connectivity index (χ1) is 16.3. The minimum atomic E-state index is -0.674. The van der Waals surface area contributed by atoms with Crippen molar-refractivity contribution in [3.63, 3.8) is 0 Å². The number of allylic oxidation sites excluding steroid dienone is 1. The number of hydrogen-bond acceptors (Lipinski definition) is 6. The van der Waals surface area contributed by atoms with E-state index < -0.39 is 17.8 Å². The molecule has 0 fully saturated rings. The average molecular weight is 460 g/mol. The number of nitrogens with two attached hydrogens (primary N) is 1. The van der Waals surface area contributed by atoms with Crippen LogP contribution in [0.5, 0.6) is 0 Å². The van der Waals surface area contributed by atoms with Gasteiger partial charge >= 0.3 is 6.03 Å². The topological polar surface area (TPSA) is 135 Å². The molecule has 0 saturated carbocycles. The summed E-state index contributed by atoms with van der Waals surface area (Å²) in [5.41, 5.74) is 9.46. The Hall–Kier alpha value is -4.73. The van der Waals surface area contributed by atoms with Crippen LogP contribution in [0.25, 0.3) is 22.2 Å². The van der Waals surface area contributed by atoms with Crippen molar-refractivity contribution in [2.75, 3.05) is 21.7 Å². The van der Waals surface area contributed by atoms with Gasteiger partial charge in [0.15, 0.2) is 5.82 Å². The van der Waals surface area contributed by atoms with Crippen LogP contribution in [0.2, 0.25) is 0 Å². The zero-order chi connectivity index (χ0) is 24.2. The molecule has 0 saturated heterocycles. The molecule has 34 heavy (non-hydrogen) atoms. The van der Waals surface area contributed by atoms with E-state index >= 15 is 0 Å². The second kappa shape index (κ2) is 9.41. The lowest BCUT2D eigenvalue weighted by atomic mass is 10.0. The lowest BCUT2D eigenvalue weighted by Crippen LogP contribution is -2.19. The maximum absolute atomic E-state index is 14.2. The summed E-state index contributed by atoms with van der Waals surface area (Å²) < 4.78 is 19.4. The monoisotopic (exact) mass is 460 g/mol. The number of nitrogen functional groups attached to an aromatic ring is 1. The van der Waals surface area contributed by atoms with E-state index in [0.717, 1.165) is 22.9 Å². The molecule has 2 heterocycles. The van der Waals surface area contributed by atoms with Crippen molar-refractivity contribution in [2.45, 2.75) is 13.8 Å². The summed E-state index contributed by atoms with van der Waals surface area (Å²) in [4.78, 5) is 28.2. The molecule has 0 aliphatic carbocycles. The predicted octanol–water partition coefficient (Wildman–Crippen LogP) is 5.08. The van der Waals surface area contributed by atoms with Crippen molar-refractivity contribution in [1.82, 2.24) is 10.1 Å². The molecule has 4 rings (SSSR count). The van der Waals surface area contributed by atoms with Gasteiger partial charge in [-0.2, -0.15) is 0 Å². The summed E-state index contributed by atoms with van der Waals surface area (Å²) in [5, 5.41) is 12.1. The fourth-order valence-electron chi connectivity index (χ4n) is 3.37. The van der Waals surface area contributed by atoms with Gasteiger partial charge in [-0.05, 0) is 61.9 Å². The molecule has 2 aromatic heterocycles. The van der Waals surface area contributed by atoms with Crippen LogP contribution in [0.15, 0.2) is 65.2 Å². The van der Waals surface area contributed by atoms with Gasteiger partial charge in [0.2, 0.25) is 5.91 Å². The summed E-state index contributed by atoms with van der Waals surface area (Å²) in [6.07, 6.45) is 2.83. The number of pyridine rings is 1. The molecule has 0 bridgehead atoms. The number of aryl methyl sites for hydroxylation is 1. The summed E-state index contributed by atoms with van der Waals surface area (Å²) in [6.45, 7) is 3.52. The highest BCUT2D eigenvalue weighted by molar-refractivity contribution is 6.02. The highest BCUT2D eigenvalue weighted by Gasteiger charge is 2.15. The summed E-state index contributed by atoms with van der Waals surface area (Å²) in [7, 11) is 0. The van der Waals surface area contributed by atoms with Crippen molar-refractivity contribution < 1.29 is 18.5 Å². The van der Waals surface area contributed by atoms with Gasteiger partial charge in [0, 0.05) is 22.6 Å². The summed E-state index contributed by atoms with van der Waals surface area (Å²) in [5.74, 6) is -0.872. The van der Waals surface area contributed by atoms with Gasteiger partial charge in [0.25, 0.3) is 5.71 Å². The number of fused-ring (bicyclic) bond motifs is 1. The van der Waals surface area contributed by atoms with E-state index in [0.29, 0.717) is 16.8 Å². The van der Waals surface area contributed by atoms with Gasteiger partial charge < -0.3 is 26.2 Å². The molecular weight excluding hydrogens is 439 g/mol. The van der Waals surface area contributed by atoms with Crippen LogP contribution in [0.1, 0.15) is 12.6 Å². The van der Waals surface area contributed by atoms with Gasteiger partial charge in [-0.25, -0.2) is 14.2 Å². The first-order valence-corrected chi connectivity index (χ1v) is 10.3. The third-order valence-electron chi connectivity index (χ3n) is 4.86. The third-order valence-corrected chi connectivity index (χ3v) is 4.86. The van der Waals surface area contributed by atoms with Gasteiger partial charge in [-0.3, -0.25) is 4.79 Å². The van der Waals surface area contributed by atoms with Crippen molar-refractivity contribution in [3.8, 4) is 11.1 Å². The molecular formula is C24H21FN6O3. The first-order valence-electron chi connectivity index (χ1n) is 10.3. The molecule has 0 aliphatic heterocycles. The SMILES string of the molecule is C/C=C/C(=O)Nc1ccc(NC(=O)Nc2ccc(-c3cc(C)nc4onc(N)c34)cc2)cc1F. The number of aromatic nitrogens is 2. The molecule has 10 heteroatoms. The standard InChI is InChI=1S/C24H21FN6O3/c1-3-4-20(32)30-19-10-9-16(12-18(19)25)29-24(33)28-15-7-5-14(6-8-15)17-11-13(2)27-23-21(17)22(26)31-34-23/h3-12H,1-2H3,(H2,26,31)(H,30,32)(H2,28,29,33)/b4-3+. The molecule has 9 nitrogen and oxygen atoms in total. The number of nitrogens with zero attached hydrogens (tertiary/aromatic N) is 2. The Morgan fingerprint density at radius 2 is 1.74 bits per heavy atom. The second-order valence-electron chi connectivity index (χ2n) is 7.40. The molecule has 3 amide bonds. The first kappa shape index (κ1) is 22.5. The Morgan fingerprint density at radius 3 is 2.44 bits per heavy atom. The largest absolute Gasteiger partial charge is 0.380 e. The van der Waals surface area contributed by atoms with Crippen molar-refractivity contribution in [2.24, 2.45) is 0 Å². The smallest absolute Gasteiger partial charge is 0.323 e. The summed E-state index contributed by atoms with van der Waals surface area (Å²) >= 11 is 0. The van der Waals surface area contributed by atoms with E-state index in [2.05, 4.69) is 26.1 Å². The number of hydrogen-bond donors (Lipinski definition) is 4. The number of anilines is 4. The van der Waals surface area contributed by atoms with Crippen LogP contribution in [-0.4, -0.2) is 22.1 Å². The number of nitrogens with one attached hydrogen (secondary N) is 3. The summed E-state index contributed by atoms with van der Waals surface area (Å²) in [6, 6.07) is 12.4. The maximum Gasteiger partial charge on any atom is 0.323 e. The third kappa shape index (κ3) is 4.85. The van der Waals surface area contributed by atoms with Crippen LogP contribution < -0.4 is 21.7 Å². The molecule has 0 unspecified atom stereocenters. The Morgan fingerprint density at radius 1 is 1.03 bits per heavy atom. The number of amides is 3. The van der Waals surface area contributed by atoms with Crippen molar-refractivity contribution in [1.29, 1.82) is 0 Å². The molecule has 172 valence electrons. The zero-order valence-electron chi connectivity index (χ0n) is 18.3. The Bertz CT molecular complexity index is 1410. The lowest BCUT2D eigenvalue weighted by molar-refractivity contribution is -0.111. The van der Waals surface area contributed by atoms with E-state index in [9.17, 15) is 14.0 Å². The number of urea groups is 1. The molecule has 5 N–H and O–H groups in total. The number of carbonyl (C=O) groups is 2. The molecule has 0 atom stereocenters. The molecule has 0 radical (unpaired) electrons. The van der Waals surface area contributed by atoms with Crippen LogP contribution in [0, 0.1) is 12.7 Å². The van der Waals surface area contributed by atoms with Gasteiger partial charge in [-0.15, -0.1) is 0 Å². The van der Waals surface area contributed by atoms with E-state index in [4.69, 9.17) is 10.3 Å². The zero-order valence-corrected chi connectivity index (χ0v) is 18.3. The Labute approximate surface area is 193 Å². The molecule has 4 aromatic rings. The minimum absolute atomic E-state index is 0.0126. The van der Waals surface area contributed by atoms with Crippen LogP contribution in [0.4, 0.5) is 32.1 Å². The molecule has 0 aliphatic rings. The number of halogens is 1. The van der Waals surface area contributed by atoms with Crippen LogP contribution in [0.3, 0.4) is 0 Å². The van der Waals surface area contributed by atoms with Gasteiger partial charge in [-0.1, -0.05) is 23.4 Å². The predicted molar refractivity (Wildman–Crippen MR) is 129 cm³/mol. The van der Waals surface area contributed by atoms with Crippen molar-refractivity contribution >= 4 is 45.9 Å². The maximum atomic E-state index is 14.2. The van der Waals surface area contributed by atoms with Gasteiger partial charge in [0.05, 0.1) is 11.1 Å². The highest BCUT2D eigenvalue weighted by Crippen LogP contribution is 2.32. The van der Waals surface area contributed by atoms with Gasteiger partial charge in [0.1, 0.15) is 5.82 Å². The fraction of sp³-hybridized carbons (Fsp3) is 0.0833. The molecule has 2 aromatic carbocycles. The van der Waals surface area contributed by atoms with Crippen molar-refractivity contribution in [3.05, 3.63) is 72.2 Å². The number of carbonyl (C=O) groups excluding carboxylic acids is 2. The minimum Gasteiger partial charge on any atom is -0.380 e. The second-order valence-corrected chi connectivity index (χ2v) is 7.40. The van der Waals surface area contributed by atoms with E-state index in [1.54, 1.807) is 25.1 Å². The average Bonchev–Trinajstić information content (AvgIpc) is 3.16. The quantitative estimate of drug-likeness (QED) is 0.307. The van der Waals surface area contributed by atoms with E-state index in [1.807, 2.05) is 25.1 Å². The molecule has 0 spiro atoms. The Balaban J connectivity index is 1.44. The normalized spacial score (nSPS) is 11.0. The Kier molecular flexibility index (Phi) is 6.22.